The first kappa shape index (κ1) is 19.0. The highest BCUT2D eigenvalue weighted by Gasteiger charge is 2.15. The molecule has 1 saturated heterocycles. The number of rotatable bonds is 7. The van der Waals surface area contributed by atoms with Gasteiger partial charge in [0.15, 0.2) is 0 Å². The molecule has 1 aromatic rings. The number of nitrogens with one attached hydrogen (secondary N) is 4. The van der Waals surface area contributed by atoms with Gasteiger partial charge in [-0.1, -0.05) is 0 Å². The van der Waals surface area contributed by atoms with Crippen molar-refractivity contribution in [2.45, 2.75) is 32.8 Å². The Bertz CT molecular complexity index is 631. The first-order valence-corrected chi connectivity index (χ1v) is 8.70. The van der Waals surface area contributed by atoms with Gasteiger partial charge in [0, 0.05) is 36.1 Å². The van der Waals surface area contributed by atoms with E-state index in [1.807, 2.05) is 19.1 Å². The van der Waals surface area contributed by atoms with Crippen molar-refractivity contribution in [3.05, 3.63) is 41.1 Å². The Morgan fingerprint density at radius 1 is 1.24 bits per heavy atom. The maximum absolute atomic E-state index is 12.3. The lowest BCUT2D eigenvalue weighted by atomic mass is 10.1. The van der Waals surface area contributed by atoms with Gasteiger partial charge in [-0.25, -0.2) is 0 Å². The van der Waals surface area contributed by atoms with Crippen LogP contribution in [0, 0.1) is 5.41 Å². The molecule has 2 rings (SSSR count). The second-order valence-electron chi connectivity index (χ2n) is 6.25. The third-order valence-corrected chi connectivity index (χ3v) is 4.41. The molecule has 136 valence electrons. The highest BCUT2D eigenvalue weighted by atomic mass is 16.5. The number of carbonyl (C=O) groups excluding carboxylic acids is 1. The number of ether oxygens (including phenoxy) is 1. The summed E-state index contributed by atoms with van der Waals surface area (Å²) >= 11 is 0. The molecule has 1 aromatic carbocycles. The molecule has 0 unspecified atom stereocenters. The standard InChI is InChI=1S/C19H28N4O2/c1-13(20)18(14(2)21-3)12-23-19(24)15-4-6-16(7-5-15)25-17-8-10-22-11-9-17/h4-7,17,20-22H,8-12H2,1-3H3,(H,23,24)/b18-14-,20-13?. The van der Waals surface area contributed by atoms with Crippen LogP contribution >= 0.6 is 0 Å². The van der Waals surface area contributed by atoms with Crippen LogP contribution in [-0.2, 0) is 0 Å². The van der Waals surface area contributed by atoms with Gasteiger partial charge in [0.2, 0.25) is 0 Å². The molecule has 1 heterocycles. The fourth-order valence-electron chi connectivity index (χ4n) is 2.76. The second kappa shape index (κ2) is 9.22. The van der Waals surface area contributed by atoms with E-state index < -0.39 is 0 Å². The summed E-state index contributed by atoms with van der Waals surface area (Å²) in [4.78, 5) is 12.3. The number of carbonyl (C=O) groups is 1. The molecule has 0 aliphatic carbocycles. The molecule has 0 radical (unpaired) electrons. The van der Waals surface area contributed by atoms with Crippen molar-refractivity contribution >= 4 is 11.6 Å². The highest BCUT2D eigenvalue weighted by Crippen LogP contribution is 2.17. The SMILES string of the molecule is CN/C(C)=C(/CNC(=O)c1ccc(OC2CCNCC2)cc1)C(C)=N. The topological polar surface area (TPSA) is 86.2 Å². The molecule has 0 spiro atoms. The summed E-state index contributed by atoms with van der Waals surface area (Å²) in [6.07, 6.45) is 2.25. The van der Waals surface area contributed by atoms with Gasteiger partial charge >= 0.3 is 0 Å². The van der Waals surface area contributed by atoms with Crippen LogP contribution in [0.15, 0.2) is 35.5 Å². The normalized spacial score (nSPS) is 16.0. The predicted molar refractivity (Wildman–Crippen MR) is 100 cm³/mol. The van der Waals surface area contributed by atoms with Crippen molar-refractivity contribution < 1.29 is 9.53 Å². The summed E-state index contributed by atoms with van der Waals surface area (Å²) in [6, 6.07) is 7.23. The van der Waals surface area contributed by atoms with Crippen molar-refractivity contribution in [1.82, 2.24) is 16.0 Å². The van der Waals surface area contributed by atoms with E-state index in [2.05, 4.69) is 16.0 Å². The van der Waals surface area contributed by atoms with E-state index in [1.54, 1.807) is 26.1 Å². The molecule has 25 heavy (non-hydrogen) atoms. The molecule has 6 heteroatoms. The van der Waals surface area contributed by atoms with Gasteiger partial charge in [-0.15, -0.1) is 0 Å². The van der Waals surface area contributed by atoms with Crippen LogP contribution in [0.4, 0.5) is 0 Å². The molecular weight excluding hydrogens is 316 g/mol. The Morgan fingerprint density at radius 3 is 2.44 bits per heavy atom. The summed E-state index contributed by atoms with van der Waals surface area (Å²) in [5.41, 5.74) is 2.71. The van der Waals surface area contributed by atoms with E-state index in [-0.39, 0.29) is 12.0 Å². The lowest BCUT2D eigenvalue weighted by Crippen LogP contribution is -2.34. The Labute approximate surface area is 149 Å². The van der Waals surface area contributed by atoms with Gasteiger partial charge in [0.25, 0.3) is 5.91 Å². The zero-order valence-electron chi connectivity index (χ0n) is 15.2. The van der Waals surface area contributed by atoms with E-state index in [1.165, 1.54) is 0 Å². The van der Waals surface area contributed by atoms with Crippen molar-refractivity contribution in [3.8, 4) is 5.75 Å². The average molecular weight is 344 g/mol. The third-order valence-electron chi connectivity index (χ3n) is 4.41. The van der Waals surface area contributed by atoms with Crippen LogP contribution in [0.1, 0.15) is 37.0 Å². The summed E-state index contributed by atoms with van der Waals surface area (Å²) in [7, 11) is 1.81. The van der Waals surface area contributed by atoms with E-state index >= 15 is 0 Å². The molecule has 1 aliphatic rings. The number of hydrogen-bond acceptors (Lipinski definition) is 5. The predicted octanol–water partition coefficient (Wildman–Crippen LogP) is 2.08. The zero-order chi connectivity index (χ0) is 18.2. The lowest BCUT2D eigenvalue weighted by Gasteiger charge is -2.23. The molecule has 1 amide bonds. The second-order valence-corrected chi connectivity index (χ2v) is 6.25. The smallest absolute Gasteiger partial charge is 0.251 e. The molecule has 4 N–H and O–H groups in total. The highest BCUT2D eigenvalue weighted by molar-refractivity contribution is 5.99. The van der Waals surface area contributed by atoms with E-state index in [9.17, 15) is 4.79 Å². The number of benzene rings is 1. The number of allylic oxidation sites excluding steroid dienone is 1. The van der Waals surface area contributed by atoms with Gasteiger partial charge in [-0.05, 0) is 64.0 Å². The third kappa shape index (κ3) is 5.60. The largest absolute Gasteiger partial charge is 0.490 e. The fraction of sp³-hybridized carbons (Fsp3) is 0.474. The Morgan fingerprint density at radius 2 is 1.88 bits per heavy atom. The van der Waals surface area contributed by atoms with Crippen LogP contribution in [-0.4, -0.2) is 44.4 Å². The molecule has 0 bridgehead atoms. The van der Waals surface area contributed by atoms with Crippen LogP contribution < -0.4 is 20.7 Å². The zero-order valence-corrected chi connectivity index (χ0v) is 15.2. The minimum absolute atomic E-state index is 0.156. The minimum Gasteiger partial charge on any atom is -0.490 e. The Balaban J connectivity index is 1.92. The van der Waals surface area contributed by atoms with Crippen LogP contribution in [0.25, 0.3) is 0 Å². The van der Waals surface area contributed by atoms with Gasteiger partial charge in [-0.2, -0.15) is 0 Å². The summed E-state index contributed by atoms with van der Waals surface area (Å²) < 4.78 is 5.95. The van der Waals surface area contributed by atoms with E-state index in [0.29, 0.717) is 17.8 Å². The van der Waals surface area contributed by atoms with Gasteiger partial charge in [0.1, 0.15) is 11.9 Å². The molecule has 1 aliphatic heterocycles. The maximum atomic E-state index is 12.3. The molecule has 0 saturated carbocycles. The molecular formula is C19H28N4O2. The van der Waals surface area contributed by atoms with Crippen molar-refractivity contribution in [1.29, 1.82) is 5.41 Å². The molecule has 1 fully saturated rings. The monoisotopic (exact) mass is 344 g/mol. The Kier molecular flexibility index (Phi) is 7.01. The molecule has 6 nitrogen and oxygen atoms in total. The minimum atomic E-state index is -0.156. The first-order chi connectivity index (χ1) is 12.0. The van der Waals surface area contributed by atoms with Crippen LogP contribution in [0.2, 0.25) is 0 Å². The van der Waals surface area contributed by atoms with Crippen molar-refractivity contribution in [3.63, 3.8) is 0 Å². The fourth-order valence-corrected chi connectivity index (χ4v) is 2.76. The van der Waals surface area contributed by atoms with Gasteiger partial charge < -0.3 is 26.1 Å². The van der Waals surface area contributed by atoms with Gasteiger partial charge in [0.05, 0.1) is 0 Å². The number of hydrogen-bond donors (Lipinski definition) is 4. The van der Waals surface area contributed by atoms with Crippen LogP contribution in [0.3, 0.4) is 0 Å². The summed E-state index contributed by atoms with van der Waals surface area (Å²) in [5, 5.41) is 17.0. The molecule has 0 atom stereocenters. The number of piperidine rings is 1. The van der Waals surface area contributed by atoms with Gasteiger partial charge in [-0.3, -0.25) is 4.79 Å². The summed E-state index contributed by atoms with van der Waals surface area (Å²) in [5.74, 6) is 0.640. The van der Waals surface area contributed by atoms with Crippen molar-refractivity contribution in [2.75, 3.05) is 26.7 Å². The quantitative estimate of drug-likeness (QED) is 0.571. The summed E-state index contributed by atoms with van der Waals surface area (Å²) in [6.45, 7) is 5.91. The number of amides is 1. The van der Waals surface area contributed by atoms with E-state index in [0.717, 1.165) is 43.0 Å². The van der Waals surface area contributed by atoms with E-state index in [4.69, 9.17) is 10.1 Å². The Hall–Kier alpha value is -2.34. The lowest BCUT2D eigenvalue weighted by molar-refractivity contribution is 0.0957. The van der Waals surface area contributed by atoms with Crippen LogP contribution in [0.5, 0.6) is 5.75 Å². The molecule has 0 aromatic heterocycles. The average Bonchev–Trinajstić information content (AvgIpc) is 2.62. The first-order valence-electron chi connectivity index (χ1n) is 8.70. The maximum Gasteiger partial charge on any atom is 0.251 e. The van der Waals surface area contributed by atoms with Crippen molar-refractivity contribution in [2.24, 2.45) is 0 Å².